The Hall–Kier alpha value is -0.0800. The van der Waals surface area contributed by atoms with Crippen molar-refractivity contribution in [3.8, 4) is 0 Å². The molecule has 0 aliphatic carbocycles. The second-order valence-corrected chi connectivity index (χ2v) is 4.63. The van der Waals surface area contributed by atoms with Crippen LogP contribution in [0.4, 0.5) is 0 Å². The number of nitrogens with zero attached hydrogens (tertiary/aromatic N) is 1. The third kappa shape index (κ3) is 3.65. The lowest BCUT2D eigenvalue weighted by molar-refractivity contribution is 0.0522. The van der Waals surface area contributed by atoms with E-state index in [4.69, 9.17) is 4.74 Å². The van der Waals surface area contributed by atoms with Crippen LogP contribution in [0.5, 0.6) is 0 Å². The van der Waals surface area contributed by atoms with E-state index in [0.29, 0.717) is 12.1 Å². The Morgan fingerprint density at radius 1 is 1.31 bits per heavy atom. The number of likely N-dealkylation sites (tertiary alicyclic amines) is 1. The van der Waals surface area contributed by atoms with Crippen LogP contribution in [0.1, 0.15) is 34.1 Å². The van der Waals surface area contributed by atoms with Crippen molar-refractivity contribution < 1.29 is 4.74 Å². The summed E-state index contributed by atoms with van der Waals surface area (Å²) < 4.78 is 5.63. The molecule has 0 N–H and O–H groups in total. The fourth-order valence-electron chi connectivity index (χ4n) is 1.80. The van der Waals surface area contributed by atoms with E-state index in [-0.39, 0.29) is 0 Å². The van der Waals surface area contributed by atoms with E-state index in [0.717, 1.165) is 12.5 Å². The fraction of sp³-hybridized carbons (Fsp3) is 1.00. The number of rotatable bonds is 4. The van der Waals surface area contributed by atoms with Gasteiger partial charge in [-0.15, -0.1) is 0 Å². The first-order valence-electron chi connectivity index (χ1n) is 5.45. The zero-order valence-corrected chi connectivity index (χ0v) is 9.42. The minimum absolute atomic E-state index is 0.382. The molecule has 1 aliphatic heterocycles. The van der Waals surface area contributed by atoms with E-state index in [1.54, 1.807) is 0 Å². The number of hydrogen-bond donors (Lipinski definition) is 0. The van der Waals surface area contributed by atoms with Crippen LogP contribution in [0.2, 0.25) is 0 Å². The standard InChI is InChI=1S/C11H23NO/c1-9(2)12-6-5-11(7-12)8-13-10(3)4/h9-11H,5-8H2,1-4H3/t11-/m1/s1. The van der Waals surface area contributed by atoms with E-state index in [1.807, 2.05) is 0 Å². The van der Waals surface area contributed by atoms with Gasteiger partial charge in [-0.3, -0.25) is 0 Å². The Kier molecular flexibility index (Phi) is 4.20. The molecule has 0 radical (unpaired) electrons. The molecule has 78 valence electrons. The highest BCUT2D eigenvalue weighted by molar-refractivity contribution is 4.77. The molecule has 0 bridgehead atoms. The molecule has 1 rings (SSSR count). The second-order valence-electron chi connectivity index (χ2n) is 4.63. The molecule has 13 heavy (non-hydrogen) atoms. The molecule has 0 aromatic heterocycles. The van der Waals surface area contributed by atoms with Crippen LogP contribution in [0.15, 0.2) is 0 Å². The SMILES string of the molecule is CC(C)OC[C@@H]1CCN(C(C)C)C1. The van der Waals surface area contributed by atoms with Crippen molar-refractivity contribution >= 4 is 0 Å². The zero-order valence-electron chi connectivity index (χ0n) is 9.42. The predicted octanol–water partition coefficient (Wildman–Crippen LogP) is 2.14. The lowest BCUT2D eigenvalue weighted by Crippen LogP contribution is -2.29. The maximum Gasteiger partial charge on any atom is 0.0519 e. The Morgan fingerprint density at radius 3 is 2.46 bits per heavy atom. The normalized spacial score (nSPS) is 24.9. The minimum Gasteiger partial charge on any atom is -0.378 e. The van der Waals surface area contributed by atoms with Gasteiger partial charge in [0.1, 0.15) is 0 Å². The highest BCUT2D eigenvalue weighted by Crippen LogP contribution is 2.18. The van der Waals surface area contributed by atoms with Gasteiger partial charge in [-0.2, -0.15) is 0 Å². The molecule has 1 saturated heterocycles. The number of hydrogen-bond acceptors (Lipinski definition) is 2. The minimum atomic E-state index is 0.382. The van der Waals surface area contributed by atoms with Gasteiger partial charge in [-0.25, -0.2) is 0 Å². The third-order valence-electron chi connectivity index (χ3n) is 2.71. The highest BCUT2D eigenvalue weighted by atomic mass is 16.5. The summed E-state index contributed by atoms with van der Waals surface area (Å²) in [6, 6.07) is 0.698. The summed E-state index contributed by atoms with van der Waals surface area (Å²) in [4.78, 5) is 2.54. The number of ether oxygens (including phenoxy) is 1. The van der Waals surface area contributed by atoms with E-state index in [1.165, 1.54) is 19.5 Å². The molecule has 0 aromatic rings. The summed E-state index contributed by atoms with van der Waals surface area (Å²) in [6.07, 6.45) is 1.69. The van der Waals surface area contributed by atoms with Crippen LogP contribution in [0.25, 0.3) is 0 Å². The molecule has 1 heterocycles. The van der Waals surface area contributed by atoms with Crippen LogP contribution in [-0.4, -0.2) is 36.7 Å². The van der Waals surface area contributed by atoms with Gasteiger partial charge < -0.3 is 9.64 Å². The second kappa shape index (κ2) is 4.97. The van der Waals surface area contributed by atoms with Crippen molar-refractivity contribution in [3.05, 3.63) is 0 Å². The monoisotopic (exact) mass is 185 g/mol. The molecule has 0 aromatic carbocycles. The molecule has 0 saturated carbocycles. The molecule has 0 spiro atoms. The quantitative estimate of drug-likeness (QED) is 0.665. The van der Waals surface area contributed by atoms with Gasteiger partial charge in [0.15, 0.2) is 0 Å². The van der Waals surface area contributed by atoms with Gasteiger partial charge in [-0.1, -0.05) is 0 Å². The van der Waals surface area contributed by atoms with Gasteiger partial charge in [0.2, 0.25) is 0 Å². The van der Waals surface area contributed by atoms with Crippen LogP contribution in [0.3, 0.4) is 0 Å². The maximum absolute atomic E-state index is 5.63. The van der Waals surface area contributed by atoms with Crippen LogP contribution < -0.4 is 0 Å². The van der Waals surface area contributed by atoms with Gasteiger partial charge in [0.05, 0.1) is 12.7 Å². The molecule has 0 unspecified atom stereocenters. The summed E-state index contributed by atoms with van der Waals surface area (Å²) in [6.45, 7) is 12.2. The first-order valence-corrected chi connectivity index (χ1v) is 5.45. The average molecular weight is 185 g/mol. The van der Waals surface area contributed by atoms with Crippen molar-refractivity contribution in [1.82, 2.24) is 4.90 Å². The van der Waals surface area contributed by atoms with E-state index >= 15 is 0 Å². The summed E-state index contributed by atoms with van der Waals surface area (Å²) in [5.74, 6) is 0.768. The Labute approximate surface area is 82.3 Å². The molecule has 1 atom stereocenters. The van der Waals surface area contributed by atoms with E-state index in [2.05, 4.69) is 32.6 Å². The molecule has 1 fully saturated rings. The first kappa shape index (κ1) is 11.0. The van der Waals surface area contributed by atoms with Gasteiger partial charge in [0.25, 0.3) is 0 Å². The van der Waals surface area contributed by atoms with Crippen LogP contribution in [-0.2, 0) is 4.74 Å². The largest absolute Gasteiger partial charge is 0.378 e. The average Bonchev–Trinajstić information content (AvgIpc) is 2.48. The van der Waals surface area contributed by atoms with Gasteiger partial charge in [-0.05, 0) is 46.6 Å². The van der Waals surface area contributed by atoms with Gasteiger partial charge in [0, 0.05) is 12.6 Å². The lowest BCUT2D eigenvalue weighted by Gasteiger charge is -2.20. The van der Waals surface area contributed by atoms with E-state index < -0.39 is 0 Å². The zero-order chi connectivity index (χ0) is 9.84. The third-order valence-corrected chi connectivity index (χ3v) is 2.71. The van der Waals surface area contributed by atoms with Crippen LogP contribution in [0, 0.1) is 5.92 Å². The summed E-state index contributed by atoms with van der Waals surface area (Å²) >= 11 is 0. The maximum atomic E-state index is 5.63. The summed E-state index contributed by atoms with van der Waals surface area (Å²) in [7, 11) is 0. The smallest absolute Gasteiger partial charge is 0.0519 e. The fourth-order valence-corrected chi connectivity index (χ4v) is 1.80. The molecule has 2 nitrogen and oxygen atoms in total. The molecular formula is C11H23NO. The Bertz CT molecular complexity index is 145. The van der Waals surface area contributed by atoms with Crippen molar-refractivity contribution in [1.29, 1.82) is 0 Å². The Balaban J connectivity index is 2.17. The topological polar surface area (TPSA) is 12.5 Å². The van der Waals surface area contributed by atoms with E-state index in [9.17, 15) is 0 Å². The van der Waals surface area contributed by atoms with Crippen molar-refractivity contribution in [2.24, 2.45) is 5.92 Å². The van der Waals surface area contributed by atoms with Crippen LogP contribution >= 0.6 is 0 Å². The van der Waals surface area contributed by atoms with Crippen molar-refractivity contribution in [2.75, 3.05) is 19.7 Å². The lowest BCUT2D eigenvalue weighted by atomic mass is 10.1. The van der Waals surface area contributed by atoms with Crippen molar-refractivity contribution in [2.45, 2.75) is 46.3 Å². The molecule has 1 aliphatic rings. The van der Waals surface area contributed by atoms with Crippen molar-refractivity contribution in [3.63, 3.8) is 0 Å². The molecule has 2 heteroatoms. The predicted molar refractivity (Wildman–Crippen MR) is 55.9 cm³/mol. The van der Waals surface area contributed by atoms with Gasteiger partial charge >= 0.3 is 0 Å². The Morgan fingerprint density at radius 2 is 2.00 bits per heavy atom. The highest BCUT2D eigenvalue weighted by Gasteiger charge is 2.24. The summed E-state index contributed by atoms with van der Waals surface area (Å²) in [5, 5.41) is 0. The molecule has 0 amide bonds. The first-order chi connectivity index (χ1) is 6.09. The summed E-state index contributed by atoms with van der Waals surface area (Å²) in [5.41, 5.74) is 0. The molecular weight excluding hydrogens is 162 g/mol.